The van der Waals surface area contributed by atoms with Crippen LogP contribution in [0.5, 0.6) is 5.75 Å². The molecule has 0 spiro atoms. The number of rotatable bonds is 10. The zero-order valence-electron chi connectivity index (χ0n) is 20.9. The van der Waals surface area contributed by atoms with Crippen molar-refractivity contribution in [1.82, 2.24) is 0 Å². The van der Waals surface area contributed by atoms with Gasteiger partial charge < -0.3 is 14.2 Å². The molecule has 1 saturated heterocycles. The van der Waals surface area contributed by atoms with E-state index in [1.165, 1.54) is 18.2 Å². The molecule has 1 fully saturated rings. The minimum Gasteiger partial charge on any atom is -0.490 e. The molecule has 0 unspecified atom stereocenters. The Morgan fingerprint density at radius 2 is 1.47 bits per heavy atom. The Balaban J connectivity index is 1.45. The van der Waals surface area contributed by atoms with Crippen LogP contribution >= 0.6 is 0 Å². The van der Waals surface area contributed by atoms with Crippen molar-refractivity contribution >= 4 is 0 Å². The predicted octanol–water partition coefficient (Wildman–Crippen LogP) is 8.47. The van der Waals surface area contributed by atoms with E-state index in [1.807, 2.05) is 6.07 Å². The van der Waals surface area contributed by atoms with Gasteiger partial charge in [0.15, 0.2) is 17.9 Å². The van der Waals surface area contributed by atoms with Crippen LogP contribution in [0.3, 0.4) is 0 Å². The van der Waals surface area contributed by atoms with Crippen molar-refractivity contribution in [2.24, 2.45) is 5.92 Å². The van der Waals surface area contributed by atoms with E-state index in [-0.39, 0.29) is 11.3 Å². The summed E-state index contributed by atoms with van der Waals surface area (Å²) in [6.45, 7) is 5.66. The molecule has 0 N–H and O–H groups in total. The maximum atomic E-state index is 14.9. The molecule has 3 nitrogen and oxygen atoms in total. The molecular weight excluding hydrogens is 465 g/mol. The summed E-state index contributed by atoms with van der Waals surface area (Å²) in [5.74, 6) is -2.07. The third-order valence-electron chi connectivity index (χ3n) is 6.50. The molecule has 0 bridgehead atoms. The lowest BCUT2D eigenvalue weighted by Gasteiger charge is -2.29. The standard InChI is InChI=1S/C30H33F3O3/c1-3-5-6-16-34-27-15-14-24(28(32)29(27)33)22-10-8-21(9-11-22)23-12-13-25(26(31)17-23)30-35-18-20(7-4-2)19-36-30/h8-15,17,20,30H,3-7,16,18-19H2,1-2H3. The molecule has 0 aliphatic carbocycles. The fourth-order valence-corrected chi connectivity index (χ4v) is 4.44. The lowest BCUT2D eigenvalue weighted by atomic mass is 9.98. The molecule has 1 heterocycles. The van der Waals surface area contributed by atoms with Gasteiger partial charge in [-0.1, -0.05) is 69.5 Å². The number of hydrogen-bond acceptors (Lipinski definition) is 3. The van der Waals surface area contributed by atoms with Gasteiger partial charge in [-0.2, -0.15) is 4.39 Å². The fourth-order valence-electron chi connectivity index (χ4n) is 4.44. The topological polar surface area (TPSA) is 27.7 Å². The zero-order valence-corrected chi connectivity index (χ0v) is 20.9. The first-order valence-electron chi connectivity index (χ1n) is 12.8. The monoisotopic (exact) mass is 498 g/mol. The van der Waals surface area contributed by atoms with Crippen LogP contribution < -0.4 is 4.74 Å². The summed E-state index contributed by atoms with van der Waals surface area (Å²) < 4.78 is 61.1. The van der Waals surface area contributed by atoms with Gasteiger partial charge in [-0.3, -0.25) is 0 Å². The van der Waals surface area contributed by atoms with Gasteiger partial charge in [0.05, 0.1) is 19.8 Å². The minimum atomic E-state index is -0.987. The third-order valence-corrected chi connectivity index (χ3v) is 6.50. The molecule has 0 saturated carbocycles. The van der Waals surface area contributed by atoms with E-state index in [9.17, 15) is 13.2 Å². The summed E-state index contributed by atoms with van der Waals surface area (Å²) in [5, 5.41) is 0. The van der Waals surface area contributed by atoms with Gasteiger partial charge in [0.25, 0.3) is 0 Å². The van der Waals surface area contributed by atoms with Crippen molar-refractivity contribution in [1.29, 1.82) is 0 Å². The molecule has 0 atom stereocenters. The van der Waals surface area contributed by atoms with Crippen molar-refractivity contribution in [3.8, 4) is 28.0 Å². The second-order valence-corrected chi connectivity index (χ2v) is 9.26. The highest BCUT2D eigenvalue weighted by atomic mass is 19.2. The van der Waals surface area contributed by atoms with Gasteiger partial charge in [-0.05, 0) is 47.7 Å². The number of benzene rings is 3. The summed E-state index contributed by atoms with van der Waals surface area (Å²) in [5.41, 5.74) is 2.48. The van der Waals surface area contributed by atoms with Crippen LogP contribution in [0.2, 0.25) is 0 Å². The molecular formula is C30H33F3O3. The number of halogens is 3. The average Bonchev–Trinajstić information content (AvgIpc) is 2.90. The largest absolute Gasteiger partial charge is 0.490 e. The Morgan fingerprint density at radius 3 is 2.14 bits per heavy atom. The lowest BCUT2D eigenvalue weighted by Crippen LogP contribution is -2.27. The molecule has 0 aromatic heterocycles. The molecule has 36 heavy (non-hydrogen) atoms. The number of hydrogen-bond donors (Lipinski definition) is 0. The highest BCUT2D eigenvalue weighted by Gasteiger charge is 2.25. The second-order valence-electron chi connectivity index (χ2n) is 9.26. The van der Waals surface area contributed by atoms with Gasteiger partial charge in [-0.15, -0.1) is 0 Å². The zero-order chi connectivity index (χ0) is 25.5. The first-order valence-corrected chi connectivity index (χ1v) is 12.8. The van der Waals surface area contributed by atoms with Crippen LogP contribution in [-0.2, 0) is 9.47 Å². The fraction of sp³-hybridized carbons (Fsp3) is 0.400. The van der Waals surface area contributed by atoms with Gasteiger partial charge in [0, 0.05) is 17.0 Å². The maximum Gasteiger partial charge on any atom is 0.201 e. The normalized spacial score (nSPS) is 17.8. The van der Waals surface area contributed by atoms with Crippen molar-refractivity contribution in [3.05, 3.63) is 77.6 Å². The Kier molecular flexibility index (Phi) is 9.05. The van der Waals surface area contributed by atoms with Gasteiger partial charge in [0.1, 0.15) is 5.82 Å². The molecule has 0 radical (unpaired) electrons. The van der Waals surface area contributed by atoms with Crippen molar-refractivity contribution in [2.45, 2.75) is 52.2 Å². The smallest absolute Gasteiger partial charge is 0.201 e. The van der Waals surface area contributed by atoms with E-state index in [0.29, 0.717) is 42.4 Å². The van der Waals surface area contributed by atoms with E-state index < -0.39 is 23.7 Å². The van der Waals surface area contributed by atoms with Crippen molar-refractivity contribution in [3.63, 3.8) is 0 Å². The van der Waals surface area contributed by atoms with Crippen molar-refractivity contribution in [2.75, 3.05) is 19.8 Å². The van der Waals surface area contributed by atoms with Crippen molar-refractivity contribution < 1.29 is 27.4 Å². The van der Waals surface area contributed by atoms with Gasteiger partial charge in [-0.25, -0.2) is 8.78 Å². The van der Waals surface area contributed by atoms with E-state index in [0.717, 1.165) is 37.7 Å². The Morgan fingerprint density at radius 1 is 0.778 bits per heavy atom. The highest BCUT2D eigenvalue weighted by Crippen LogP contribution is 2.33. The van der Waals surface area contributed by atoms with E-state index in [1.54, 1.807) is 30.3 Å². The summed E-state index contributed by atoms with van der Waals surface area (Å²) in [6, 6.07) is 14.8. The summed E-state index contributed by atoms with van der Waals surface area (Å²) in [7, 11) is 0. The van der Waals surface area contributed by atoms with Crippen LogP contribution in [0, 0.1) is 23.4 Å². The van der Waals surface area contributed by atoms with Crippen LogP contribution in [-0.4, -0.2) is 19.8 Å². The minimum absolute atomic E-state index is 0.0775. The van der Waals surface area contributed by atoms with Gasteiger partial charge >= 0.3 is 0 Å². The van der Waals surface area contributed by atoms with Crippen LogP contribution in [0.25, 0.3) is 22.3 Å². The second kappa shape index (κ2) is 12.4. The number of ether oxygens (including phenoxy) is 3. The van der Waals surface area contributed by atoms with E-state index in [4.69, 9.17) is 14.2 Å². The maximum absolute atomic E-state index is 14.9. The Hall–Kier alpha value is -2.83. The molecule has 1 aliphatic rings. The molecule has 4 rings (SSSR count). The Bertz CT molecular complexity index is 1140. The summed E-state index contributed by atoms with van der Waals surface area (Å²) in [6.07, 6.45) is 4.17. The van der Waals surface area contributed by atoms with E-state index >= 15 is 0 Å². The molecule has 3 aromatic carbocycles. The molecule has 1 aliphatic heterocycles. The predicted molar refractivity (Wildman–Crippen MR) is 135 cm³/mol. The SMILES string of the molecule is CCCCCOc1ccc(-c2ccc(-c3ccc(C4OCC(CCC)CO4)c(F)c3)cc2)c(F)c1F. The van der Waals surface area contributed by atoms with Crippen LogP contribution in [0.15, 0.2) is 54.6 Å². The highest BCUT2D eigenvalue weighted by molar-refractivity contribution is 5.71. The lowest BCUT2D eigenvalue weighted by molar-refractivity contribution is -0.207. The first kappa shape index (κ1) is 26.2. The molecule has 3 aromatic rings. The van der Waals surface area contributed by atoms with E-state index in [2.05, 4.69) is 13.8 Å². The quantitative estimate of drug-likeness (QED) is 0.262. The average molecular weight is 499 g/mol. The van der Waals surface area contributed by atoms with Crippen LogP contribution in [0.1, 0.15) is 57.8 Å². The Labute approximate surface area is 211 Å². The molecule has 192 valence electrons. The van der Waals surface area contributed by atoms with Crippen LogP contribution in [0.4, 0.5) is 13.2 Å². The third kappa shape index (κ3) is 6.11. The molecule has 0 amide bonds. The summed E-state index contributed by atoms with van der Waals surface area (Å²) >= 11 is 0. The first-order chi connectivity index (χ1) is 17.5. The molecule has 6 heteroatoms. The van der Waals surface area contributed by atoms with Gasteiger partial charge in [0.2, 0.25) is 5.82 Å². The number of unbranched alkanes of at least 4 members (excludes halogenated alkanes) is 2. The summed E-state index contributed by atoms with van der Waals surface area (Å²) in [4.78, 5) is 0.